The molecule has 2 N–H and O–H groups in total. The first-order valence-electron chi connectivity index (χ1n) is 32.9. The Morgan fingerprint density at radius 3 is 2.30 bits per heavy atom. The van der Waals surface area contributed by atoms with Crippen LogP contribution in [-0.2, 0) is 75.0 Å². The maximum absolute atomic E-state index is 15.0. The highest BCUT2D eigenvalue weighted by molar-refractivity contribution is 7.86. The van der Waals surface area contributed by atoms with Gasteiger partial charge >= 0.3 is 5.97 Å². The molecular formula is C70H90N10O12S. The molecule has 23 heteroatoms. The zero-order valence-electron chi connectivity index (χ0n) is 54.9. The molecule has 0 saturated carbocycles. The quantitative estimate of drug-likeness (QED) is 0.0272. The predicted molar refractivity (Wildman–Crippen MR) is 354 cm³/mol. The number of ketones is 2. The summed E-state index contributed by atoms with van der Waals surface area (Å²) in [5, 5.41) is 11.5. The van der Waals surface area contributed by atoms with E-state index in [1.165, 1.54) is 14.2 Å². The SMILES string of the molecule is Cc1nn(C)c(COc2ccc(N3CCN(S(=O)(=O)N(C)C)CC3)cc2)c1-c1cccc2c(CCCOC3=C4C=CC=CC4CC=C3)c(C(=O)OC(C)(C)C)n(CCN3CCN(CCOCCOCCNC4=CCCC5=C4C(=O)C(C4CCC(=O)NC4=O)C5=O)CC3)c12. The fourth-order valence-electron chi connectivity index (χ4n) is 13.8. The number of aromatic nitrogens is 3. The van der Waals surface area contributed by atoms with Gasteiger partial charge in [-0.25, -0.2) is 4.79 Å². The van der Waals surface area contributed by atoms with Crippen molar-refractivity contribution in [2.75, 3.05) is 124 Å². The molecule has 22 nitrogen and oxygen atoms in total. The van der Waals surface area contributed by atoms with Crippen LogP contribution in [0.2, 0.25) is 0 Å². The number of rotatable bonds is 27. The molecule has 3 atom stereocenters. The fraction of sp³-hybridized carbons (Fsp3) is 0.514. The Morgan fingerprint density at radius 1 is 0.828 bits per heavy atom. The molecule has 3 fully saturated rings. The average molecular weight is 1300 g/mol. The van der Waals surface area contributed by atoms with Gasteiger partial charge in [-0.05, 0) is 102 Å². The number of aryl methyl sites for hydroxylation is 3. The van der Waals surface area contributed by atoms with Gasteiger partial charge in [-0.2, -0.15) is 22.1 Å². The van der Waals surface area contributed by atoms with Gasteiger partial charge < -0.3 is 38.5 Å². The minimum absolute atomic E-state index is 0.109. The van der Waals surface area contributed by atoms with E-state index in [0.717, 1.165) is 89.6 Å². The van der Waals surface area contributed by atoms with E-state index in [-0.39, 0.29) is 42.9 Å². The number of carbonyl (C=O) groups is 5. The first-order valence-corrected chi connectivity index (χ1v) is 34.3. The number of anilines is 1. The minimum atomic E-state index is -3.48. The van der Waals surface area contributed by atoms with Crippen LogP contribution in [0.15, 0.2) is 113 Å². The largest absolute Gasteiger partial charge is 0.493 e. The maximum Gasteiger partial charge on any atom is 0.355 e. The highest BCUT2D eigenvalue weighted by Crippen LogP contribution is 2.42. The topological polar surface area (TPSA) is 229 Å². The molecule has 2 aromatic carbocycles. The van der Waals surface area contributed by atoms with E-state index in [2.05, 4.69) is 84.6 Å². The Labute approximate surface area is 546 Å². The summed E-state index contributed by atoms with van der Waals surface area (Å²) in [7, 11) is 1.57. The van der Waals surface area contributed by atoms with Gasteiger partial charge in [0.05, 0.1) is 61.8 Å². The van der Waals surface area contributed by atoms with Crippen molar-refractivity contribution in [3.63, 3.8) is 0 Å². The number of imide groups is 1. The number of allylic oxidation sites excluding steroid dienone is 10. The Hall–Kier alpha value is -7.51. The third-order valence-electron chi connectivity index (χ3n) is 18.6. The Kier molecular flexibility index (Phi) is 21.2. The molecule has 11 rings (SSSR count). The summed E-state index contributed by atoms with van der Waals surface area (Å²) < 4.78 is 63.8. The molecule has 0 radical (unpaired) electrons. The number of piperazine rings is 2. The molecule has 3 saturated heterocycles. The van der Waals surface area contributed by atoms with Gasteiger partial charge in [0.2, 0.25) is 11.8 Å². The second-order valence-electron chi connectivity index (χ2n) is 26.0. The van der Waals surface area contributed by atoms with E-state index in [9.17, 15) is 32.4 Å². The number of ether oxygens (including phenoxy) is 5. The number of hydrogen-bond donors (Lipinski definition) is 2. The van der Waals surface area contributed by atoms with Gasteiger partial charge in [0.25, 0.3) is 10.2 Å². The lowest BCUT2D eigenvalue weighted by atomic mass is 9.81. The van der Waals surface area contributed by atoms with Crippen molar-refractivity contribution < 1.29 is 56.1 Å². The number of benzene rings is 2. The number of nitrogens with one attached hydrogen (secondary N) is 2. The number of nitrogens with zero attached hydrogens (tertiary/aromatic N) is 8. The molecule has 93 heavy (non-hydrogen) atoms. The van der Waals surface area contributed by atoms with Crippen molar-refractivity contribution in [2.45, 2.75) is 91.4 Å². The lowest BCUT2D eigenvalue weighted by Crippen LogP contribution is -2.51. The molecule has 2 amide bonds. The third-order valence-corrected chi connectivity index (χ3v) is 20.5. The van der Waals surface area contributed by atoms with Crippen LogP contribution < -0.4 is 20.3 Å². The number of para-hydroxylation sites is 1. The Balaban J connectivity index is 0.733. The van der Waals surface area contributed by atoms with Crippen LogP contribution in [0, 0.1) is 24.7 Å². The van der Waals surface area contributed by atoms with Crippen LogP contribution in [0.1, 0.15) is 86.7 Å². The van der Waals surface area contributed by atoms with Crippen molar-refractivity contribution in [1.29, 1.82) is 0 Å². The number of amides is 2. The van der Waals surface area contributed by atoms with Gasteiger partial charge in [0, 0.05) is 157 Å². The second kappa shape index (κ2) is 29.4. The standard InChI is InChI=1S/C70H90N10O12S/c1-47-61(58(75(7)73-47)46-91-50-25-23-49(24-26-50)78-35-37-79(38-36-78)93(86,87)74(5)6)54-18-11-17-52-53(20-13-41-90-59-22-10-15-48-14-8-9-16-51(48)59)65(69(85)92-70(2,3)4)80(64(52)54)39-34-76-30-32-77(33-31-76)40-43-89-45-44-88-42-29-71-57-21-12-19-55-62(57)67(83)63(66(55)82)56-27-28-60(81)72-68(56)84/h8-11,14,16-18,21-26,48,56,63,71H,12-13,15,19-20,27-46H2,1-7H3,(H,72,81,84). The van der Waals surface area contributed by atoms with E-state index in [1.807, 2.05) is 69.8 Å². The fourth-order valence-corrected chi connectivity index (χ4v) is 14.9. The average Bonchev–Trinajstić information content (AvgIpc) is 1.66. The number of Topliss-reactive ketones (excluding diaryl/α,β-unsaturated/α-hetero) is 2. The number of hydrogen-bond acceptors (Lipinski definition) is 17. The summed E-state index contributed by atoms with van der Waals surface area (Å²) in [5.74, 6) is -2.01. The molecule has 4 aliphatic carbocycles. The first-order chi connectivity index (χ1) is 44.7. The van der Waals surface area contributed by atoms with Crippen molar-refractivity contribution >= 4 is 56.1 Å². The maximum atomic E-state index is 15.0. The number of piperidine rings is 1. The van der Waals surface area contributed by atoms with Crippen LogP contribution in [0.5, 0.6) is 5.75 Å². The lowest BCUT2D eigenvalue weighted by Gasteiger charge is -2.36. The normalized spacial score (nSPS) is 20.9. The van der Waals surface area contributed by atoms with Crippen molar-refractivity contribution in [3.8, 4) is 16.9 Å². The van der Waals surface area contributed by atoms with Gasteiger partial charge in [-0.3, -0.25) is 39.0 Å². The molecule has 4 aromatic rings. The summed E-state index contributed by atoms with van der Waals surface area (Å²) >= 11 is 0. The number of esters is 1. The van der Waals surface area contributed by atoms with E-state index in [0.29, 0.717) is 139 Å². The zero-order chi connectivity index (χ0) is 65.6. The monoisotopic (exact) mass is 1290 g/mol. The predicted octanol–water partition coefficient (Wildman–Crippen LogP) is 6.75. The minimum Gasteiger partial charge on any atom is -0.493 e. The van der Waals surface area contributed by atoms with Gasteiger partial charge in [0.1, 0.15) is 29.4 Å². The van der Waals surface area contributed by atoms with Crippen LogP contribution in [0.4, 0.5) is 5.69 Å². The zero-order valence-corrected chi connectivity index (χ0v) is 55.7. The highest BCUT2D eigenvalue weighted by atomic mass is 32.2. The van der Waals surface area contributed by atoms with E-state index in [1.54, 1.807) is 14.1 Å². The van der Waals surface area contributed by atoms with Crippen molar-refractivity contribution in [2.24, 2.45) is 24.8 Å². The van der Waals surface area contributed by atoms with Gasteiger partial charge in [0.15, 0.2) is 11.6 Å². The molecule has 3 aliphatic heterocycles. The molecule has 2 aromatic heterocycles. The van der Waals surface area contributed by atoms with Crippen molar-refractivity contribution in [1.82, 2.24) is 43.4 Å². The summed E-state index contributed by atoms with van der Waals surface area (Å²) in [6.07, 6.45) is 18.2. The molecular weight excluding hydrogens is 1200 g/mol. The third kappa shape index (κ3) is 15.2. The van der Waals surface area contributed by atoms with Crippen molar-refractivity contribution in [3.05, 3.63) is 136 Å². The van der Waals surface area contributed by atoms with Crippen LogP contribution in [0.3, 0.4) is 0 Å². The van der Waals surface area contributed by atoms with E-state index >= 15 is 0 Å². The van der Waals surface area contributed by atoms with Crippen LogP contribution in [-0.4, -0.2) is 195 Å². The Bertz CT molecular complexity index is 3780. The number of carbonyl (C=O) groups excluding carboxylic acids is 5. The molecule has 3 unspecified atom stereocenters. The second-order valence-corrected chi connectivity index (χ2v) is 28.2. The molecule has 0 spiro atoms. The molecule has 7 aliphatic rings. The van der Waals surface area contributed by atoms with Gasteiger partial charge in [-0.15, -0.1) is 0 Å². The first kappa shape index (κ1) is 66.9. The molecule has 0 bridgehead atoms. The molecule has 5 heterocycles. The van der Waals surface area contributed by atoms with Crippen LogP contribution >= 0.6 is 0 Å². The van der Waals surface area contributed by atoms with E-state index < -0.39 is 33.6 Å². The highest BCUT2D eigenvalue weighted by Gasteiger charge is 2.50. The molecule has 498 valence electrons. The summed E-state index contributed by atoms with van der Waals surface area (Å²) in [6.45, 7) is 17.9. The Morgan fingerprint density at radius 2 is 1.57 bits per heavy atom. The lowest BCUT2D eigenvalue weighted by molar-refractivity contribution is -0.143. The smallest absolute Gasteiger partial charge is 0.355 e. The summed E-state index contributed by atoms with van der Waals surface area (Å²) in [4.78, 5) is 73.4. The summed E-state index contributed by atoms with van der Waals surface area (Å²) in [6, 6.07) is 14.3. The summed E-state index contributed by atoms with van der Waals surface area (Å²) in [5.41, 5.74) is 8.84. The van der Waals surface area contributed by atoms with E-state index in [4.69, 9.17) is 28.8 Å². The van der Waals surface area contributed by atoms with Gasteiger partial charge in [-0.1, -0.05) is 54.7 Å². The number of fused-ring (bicyclic) bond motifs is 2. The van der Waals surface area contributed by atoms with Crippen LogP contribution in [0.25, 0.3) is 22.0 Å².